The Hall–Kier alpha value is -2.40. The van der Waals surface area contributed by atoms with Gasteiger partial charge < -0.3 is 14.8 Å². The molecule has 1 aromatic carbocycles. The first-order valence-electron chi connectivity index (χ1n) is 10.1. The maximum absolute atomic E-state index is 13.1. The van der Waals surface area contributed by atoms with E-state index in [1.54, 1.807) is 0 Å². The van der Waals surface area contributed by atoms with Crippen LogP contribution < -0.4 is 5.32 Å². The summed E-state index contributed by atoms with van der Waals surface area (Å²) in [6.07, 6.45) is 4.10. The monoisotopic (exact) mass is 381 g/mol. The summed E-state index contributed by atoms with van der Waals surface area (Å²) in [7, 11) is 0. The van der Waals surface area contributed by atoms with Crippen molar-refractivity contribution in [3.63, 3.8) is 0 Å². The van der Waals surface area contributed by atoms with Gasteiger partial charge in [-0.3, -0.25) is 4.79 Å². The second-order valence-corrected chi connectivity index (χ2v) is 7.91. The minimum atomic E-state index is -0.374. The molecule has 0 radical (unpaired) electrons. The van der Waals surface area contributed by atoms with Gasteiger partial charge in [-0.15, -0.1) is 0 Å². The molecule has 0 saturated carbocycles. The normalized spacial score (nSPS) is 24.9. The molecule has 0 amide bonds. The summed E-state index contributed by atoms with van der Waals surface area (Å²) in [6, 6.07) is 8.05. The molecule has 0 unspecified atom stereocenters. The van der Waals surface area contributed by atoms with Gasteiger partial charge in [-0.05, 0) is 45.1 Å². The smallest absolute Gasteiger partial charge is 0.336 e. The molecule has 0 spiro atoms. The second-order valence-electron chi connectivity index (χ2n) is 7.91. The van der Waals surface area contributed by atoms with Crippen molar-refractivity contribution in [2.75, 3.05) is 13.2 Å². The van der Waals surface area contributed by atoms with Crippen molar-refractivity contribution in [3.8, 4) is 0 Å². The fraction of sp³-hybridized carbons (Fsp3) is 0.478. The van der Waals surface area contributed by atoms with E-state index in [4.69, 9.17) is 9.47 Å². The Bertz CT molecular complexity index is 861. The number of hydrogen-bond donors (Lipinski definition) is 1. The van der Waals surface area contributed by atoms with E-state index in [9.17, 15) is 9.59 Å². The first-order chi connectivity index (χ1) is 13.5. The fourth-order valence-corrected chi connectivity index (χ4v) is 4.46. The summed E-state index contributed by atoms with van der Waals surface area (Å²) in [5.41, 5.74) is 5.07. The molecule has 5 nitrogen and oxygen atoms in total. The van der Waals surface area contributed by atoms with Crippen LogP contribution in [0.25, 0.3) is 0 Å². The van der Waals surface area contributed by atoms with Gasteiger partial charge in [0.1, 0.15) is 6.61 Å². The summed E-state index contributed by atoms with van der Waals surface area (Å²) in [4.78, 5) is 26.0. The number of carbonyl (C=O) groups excluding carboxylic acids is 2. The zero-order chi connectivity index (χ0) is 19.7. The molecule has 1 aromatic rings. The number of nitrogens with one attached hydrogen (secondary N) is 1. The minimum Gasteiger partial charge on any atom is -0.459 e. The number of allylic oxidation sites excluding steroid dienone is 3. The SMILES string of the molecule is CC1=C(C(=O)OC[C@H]2CCCO2)[C@@H](c2cccc(C)c2)C2=C(CCCC2=O)N1. The molecule has 3 aliphatic rings. The zero-order valence-electron chi connectivity index (χ0n) is 16.5. The lowest BCUT2D eigenvalue weighted by molar-refractivity contribution is -0.142. The molecule has 4 rings (SSSR count). The summed E-state index contributed by atoms with van der Waals surface area (Å²) in [5.74, 6) is -0.616. The van der Waals surface area contributed by atoms with Crippen molar-refractivity contribution in [1.82, 2.24) is 5.32 Å². The first kappa shape index (κ1) is 18.9. The summed E-state index contributed by atoms with van der Waals surface area (Å²) >= 11 is 0. The highest BCUT2D eigenvalue weighted by Crippen LogP contribution is 2.42. The van der Waals surface area contributed by atoms with E-state index in [0.717, 1.165) is 60.4 Å². The van der Waals surface area contributed by atoms with Gasteiger partial charge in [0.25, 0.3) is 0 Å². The predicted molar refractivity (Wildman–Crippen MR) is 106 cm³/mol. The van der Waals surface area contributed by atoms with Crippen LogP contribution in [0.3, 0.4) is 0 Å². The van der Waals surface area contributed by atoms with E-state index in [-0.39, 0.29) is 30.4 Å². The number of esters is 1. The van der Waals surface area contributed by atoms with Gasteiger partial charge in [0, 0.05) is 35.9 Å². The third-order valence-corrected chi connectivity index (χ3v) is 5.80. The molecule has 1 aliphatic carbocycles. The van der Waals surface area contributed by atoms with Crippen LogP contribution >= 0.6 is 0 Å². The molecule has 5 heteroatoms. The number of ketones is 1. The third-order valence-electron chi connectivity index (χ3n) is 5.80. The average Bonchev–Trinajstić information content (AvgIpc) is 3.19. The van der Waals surface area contributed by atoms with Crippen molar-refractivity contribution < 1.29 is 19.1 Å². The van der Waals surface area contributed by atoms with Crippen LogP contribution in [0.1, 0.15) is 56.1 Å². The topological polar surface area (TPSA) is 64.6 Å². The molecule has 0 bridgehead atoms. The summed E-state index contributed by atoms with van der Waals surface area (Å²) in [6.45, 7) is 4.90. The number of rotatable bonds is 4. The van der Waals surface area contributed by atoms with Crippen molar-refractivity contribution in [2.45, 2.75) is 58.0 Å². The molecule has 1 saturated heterocycles. The highest BCUT2D eigenvalue weighted by atomic mass is 16.6. The van der Waals surface area contributed by atoms with Gasteiger partial charge in [0.15, 0.2) is 5.78 Å². The fourth-order valence-electron chi connectivity index (χ4n) is 4.46. The number of hydrogen-bond acceptors (Lipinski definition) is 5. The third kappa shape index (κ3) is 3.63. The van der Waals surface area contributed by atoms with E-state index in [1.165, 1.54) is 0 Å². The molecule has 0 aromatic heterocycles. The van der Waals surface area contributed by atoms with Gasteiger partial charge >= 0.3 is 5.97 Å². The van der Waals surface area contributed by atoms with E-state index < -0.39 is 0 Å². The molecule has 2 heterocycles. The van der Waals surface area contributed by atoms with Gasteiger partial charge in [0.2, 0.25) is 0 Å². The number of dihydropyridines is 1. The highest BCUT2D eigenvalue weighted by Gasteiger charge is 2.39. The van der Waals surface area contributed by atoms with Crippen LogP contribution in [-0.2, 0) is 19.1 Å². The molecule has 1 fully saturated rings. The highest BCUT2D eigenvalue weighted by molar-refractivity contribution is 6.03. The molecule has 28 heavy (non-hydrogen) atoms. The maximum atomic E-state index is 13.1. The number of benzene rings is 1. The van der Waals surface area contributed by atoms with Crippen LogP contribution in [0.5, 0.6) is 0 Å². The lowest BCUT2D eigenvalue weighted by Gasteiger charge is -2.34. The van der Waals surface area contributed by atoms with Crippen molar-refractivity contribution >= 4 is 11.8 Å². The Labute approximate surface area is 165 Å². The van der Waals surface area contributed by atoms with Gasteiger partial charge in [-0.25, -0.2) is 4.79 Å². The number of carbonyl (C=O) groups is 2. The Morgan fingerprint density at radius 3 is 2.86 bits per heavy atom. The average molecular weight is 381 g/mol. The molecule has 1 N–H and O–H groups in total. The molecular formula is C23H27NO4. The lowest BCUT2D eigenvalue weighted by atomic mass is 9.75. The summed E-state index contributed by atoms with van der Waals surface area (Å²) in [5, 5.41) is 3.33. The van der Waals surface area contributed by atoms with Crippen LogP contribution in [-0.4, -0.2) is 31.1 Å². The van der Waals surface area contributed by atoms with Gasteiger partial charge in [-0.1, -0.05) is 29.8 Å². The van der Waals surface area contributed by atoms with E-state index in [2.05, 4.69) is 11.4 Å². The molecule has 148 valence electrons. The molecular weight excluding hydrogens is 354 g/mol. The number of ether oxygens (including phenoxy) is 2. The van der Waals surface area contributed by atoms with Crippen molar-refractivity contribution in [2.24, 2.45) is 0 Å². The lowest BCUT2D eigenvalue weighted by Crippen LogP contribution is -2.35. The van der Waals surface area contributed by atoms with Crippen molar-refractivity contribution in [3.05, 3.63) is 57.9 Å². The Kier molecular flexibility index (Phi) is 5.36. The van der Waals surface area contributed by atoms with Crippen LogP contribution in [0.4, 0.5) is 0 Å². The number of aryl methyl sites for hydroxylation is 1. The minimum absolute atomic E-state index is 0.0232. The van der Waals surface area contributed by atoms with Crippen LogP contribution in [0, 0.1) is 6.92 Å². The Balaban J connectivity index is 1.69. The molecule has 2 aliphatic heterocycles. The predicted octanol–water partition coefficient (Wildman–Crippen LogP) is 3.69. The van der Waals surface area contributed by atoms with Crippen molar-refractivity contribution in [1.29, 1.82) is 0 Å². The zero-order valence-corrected chi connectivity index (χ0v) is 16.5. The number of Topliss-reactive ketones (excluding diaryl/α,β-unsaturated/α-hetero) is 1. The summed E-state index contributed by atoms with van der Waals surface area (Å²) < 4.78 is 11.2. The quantitative estimate of drug-likeness (QED) is 0.806. The van der Waals surface area contributed by atoms with Gasteiger partial charge in [0.05, 0.1) is 11.7 Å². The molecule has 2 atom stereocenters. The van der Waals surface area contributed by atoms with E-state index in [1.807, 2.05) is 32.0 Å². The van der Waals surface area contributed by atoms with E-state index >= 15 is 0 Å². The standard InChI is InChI=1S/C23H27NO4/c1-14-6-3-7-16(12-14)21-20(23(26)28-13-17-8-5-11-27-17)15(2)24-18-9-4-10-19(25)22(18)21/h3,6-7,12,17,21,24H,4-5,8-11,13H2,1-2H3/t17-,21-/m1/s1. The van der Waals surface area contributed by atoms with Crippen LogP contribution in [0.2, 0.25) is 0 Å². The first-order valence-corrected chi connectivity index (χ1v) is 10.1. The van der Waals surface area contributed by atoms with Crippen LogP contribution in [0.15, 0.2) is 46.8 Å². The maximum Gasteiger partial charge on any atom is 0.336 e. The Morgan fingerprint density at radius 1 is 1.25 bits per heavy atom. The van der Waals surface area contributed by atoms with E-state index in [0.29, 0.717) is 12.0 Å². The second kappa shape index (κ2) is 7.92. The van der Waals surface area contributed by atoms with Gasteiger partial charge in [-0.2, -0.15) is 0 Å². The largest absolute Gasteiger partial charge is 0.459 e. The Morgan fingerprint density at radius 2 is 2.11 bits per heavy atom.